The van der Waals surface area contributed by atoms with Crippen LogP contribution in [-0.2, 0) is 30.5 Å². The van der Waals surface area contributed by atoms with Crippen LogP contribution in [0.2, 0.25) is 0 Å². The van der Waals surface area contributed by atoms with Crippen molar-refractivity contribution in [3.05, 3.63) is 41.1 Å². The zero-order valence-corrected chi connectivity index (χ0v) is 18.8. The summed E-state index contributed by atoms with van der Waals surface area (Å²) in [7, 11) is 1.57. The second kappa shape index (κ2) is 8.91. The molecule has 3 rings (SSSR count). The Kier molecular flexibility index (Phi) is 6.68. The molecule has 1 aromatic rings. The summed E-state index contributed by atoms with van der Waals surface area (Å²) in [4.78, 5) is 37.5. The van der Waals surface area contributed by atoms with Gasteiger partial charge in [0.25, 0.3) is 5.91 Å². The average Bonchev–Trinajstić information content (AvgIpc) is 2.75. The molecule has 2 aliphatic heterocycles. The fourth-order valence-electron chi connectivity index (χ4n) is 3.32. The summed E-state index contributed by atoms with van der Waals surface area (Å²) in [5.41, 5.74) is 7.65. The molecule has 0 spiro atoms. The highest BCUT2D eigenvalue weighted by atomic mass is 32.2. The van der Waals surface area contributed by atoms with Gasteiger partial charge in [-0.15, -0.1) is 23.5 Å². The van der Waals surface area contributed by atoms with Gasteiger partial charge in [0.15, 0.2) is 4.87 Å². The molecule has 8 nitrogen and oxygen atoms in total. The lowest BCUT2D eigenvalue weighted by Crippen LogP contribution is -2.76. The monoisotopic (exact) mass is 452 g/mol. The van der Waals surface area contributed by atoms with E-state index in [0.717, 1.165) is 5.56 Å². The van der Waals surface area contributed by atoms with E-state index in [-0.39, 0.29) is 18.2 Å². The number of carbonyl (C=O) groups excluding carboxylic acids is 3. The molecule has 3 atom stereocenters. The van der Waals surface area contributed by atoms with E-state index in [2.05, 4.69) is 0 Å². The van der Waals surface area contributed by atoms with Gasteiger partial charge in [-0.2, -0.15) is 0 Å². The first kappa shape index (κ1) is 22.5. The predicted octanol–water partition coefficient (Wildman–Crippen LogP) is 1.88. The third-order valence-electron chi connectivity index (χ3n) is 4.99. The minimum Gasteiger partial charge on any atom is -0.497 e. The third-order valence-corrected chi connectivity index (χ3v) is 7.59. The Balaban J connectivity index is 1.86. The molecule has 30 heavy (non-hydrogen) atoms. The van der Waals surface area contributed by atoms with Crippen LogP contribution >= 0.6 is 23.5 Å². The lowest BCUT2D eigenvalue weighted by Gasteiger charge is -2.55. The van der Waals surface area contributed by atoms with Crippen molar-refractivity contribution >= 4 is 41.4 Å². The highest BCUT2D eigenvalue weighted by molar-refractivity contribution is 8.04. The summed E-state index contributed by atoms with van der Waals surface area (Å²) in [6.45, 7) is 2.99. The van der Waals surface area contributed by atoms with Gasteiger partial charge in [-0.3, -0.25) is 14.5 Å². The summed E-state index contributed by atoms with van der Waals surface area (Å²) in [5, 5.41) is -0.392. The van der Waals surface area contributed by atoms with Gasteiger partial charge in [0, 0.05) is 18.2 Å². The summed E-state index contributed by atoms with van der Waals surface area (Å²) in [5.74, 6) is -0.395. The minimum atomic E-state index is -1.09. The number of ether oxygens (including phenoxy) is 3. The summed E-state index contributed by atoms with van der Waals surface area (Å²) >= 11 is 2.69. The van der Waals surface area contributed by atoms with E-state index >= 15 is 0 Å². The lowest BCUT2D eigenvalue weighted by atomic mass is 10.0. The Morgan fingerprint density at radius 1 is 1.37 bits per heavy atom. The molecule has 0 aliphatic carbocycles. The van der Waals surface area contributed by atoms with Crippen LogP contribution in [-0.4, -0.2) is 58.2 Å². The van der Waals surface area contributed by atoms with Crippen molar-refractivity contribution in [2.24, 2.45) is 5.73 Å². The quantitative estimate of drug-likeness (QED) is 0.377. The number of fused-ring (bicyclic) bond motifs is 1. The minimum absolute atomic E-state index is 0.0255. The molecule has 2 heterocycles. The molecule has 0 aromatic heterocycles. The Bertz CT molecular complexity index is 888. The second-order valence-electron chi connectivity index (χ2n) is 6.89. The Morgan fingerprint density at radius 2 is 2.03 bits per heavy atom. The SMILES string of the molecule is COc1ccc(COC(=O)C2=C(C(C)OC(C)=O)CS[C@@H]3N2C(=O)[C@]3(N)SC)cc1. The van der Waals surface area contributed by atoms with E-state index in [1.54, 1.807) is 44.6 Å². The van der Waals surface area contributed by atoms with Gasteiger partial charge in [0.1, 0.15) is 29.5 Å². The maximum atomic E-state index is 13.0. The average molecular weight is 453 g/mol. The number of methoxy groups -OCH3 is 1. The number of rotatable bonds is 7. The number of amides is 1. The zero-order chi connectivity index (χ0) is 22.1. The van der Waals surface area contributed by atoms with Gasteiger partial charge in [-0.25, -0.2) is 4.79 Å². The molecule has 2 N–H and O–H groups in total. The molecule has 2 aliphatic rings. The molecular formula is C20H24N2O6S2. The molecule has 1 saturated heterocycles. The number of β-lactam (4-membered cyclic amide) rings is 1. The largest absolute Gasteiger partial charge is 0.497 e. The maximum absolute atomic E-state index is 13.0. The topological polar surface area (TPSA) is 108 Å². The Labute approximate surface area is 183 Å². The van der Waals surface area contributed by atoms with Crippen LogP contribution in [0.4, 0.5) is 0 Å². The fraction of sp³-hybridized carbons (Fsp3) is 0.450. The van der Waals surface area contributed by atoms with Gasteiger partial charge in [-0.1, -0.05) is 12.1 Å². The smallest absolute Gasteiger partial charge is 0.355 e. The van der Waals surface area contributed by atoms with Crippen molar-refractivity contribution in [1.29, 1.82) is 0 Å². The Morgan fingerprint density at radius 3 is 2.60 bits per heavy atom. The van der Waals surface area contributed by atoms with E-state index in [9.17, 15) is 14.4 Å². The van der Waals surface area contributed by atoms with Gasteiger partial charge in [-0.05, 0) is 30.9 Å². The summed E-state index contributed by atoms with van der Waals surface area (Å²) in [6.07, 6.45) is 1.09. The number of hydrogen-bond acceptors (Lipinski definition) is 9. The van der Waals surface area contributed by atoms with Crippen molar-refractivity contribution in [1.82, 2.24) is 4.90 Å². The predicted molar refractivity (Wildman–Crippen MR) is 115 cm³/mol. The lowest BCUT2D eigenvalue weighted by molar-refractivity contribution is -0.153. The molecule has 1 aromatic carbocycles. The summed E-state index contributed by atoms with van der Waals surface area (Å²) < 4.78 is 15.9. The third kappa shape index (κ3) is 4.03. The van der Waals surface area contributed by atoms with Crippen LogP contribution < -0.4 is 10.5 Å². The van der Waals surface area contributed by atoms with E-state index in [4.69, 9.17) is 19.9 Å². The molecule has 1 amide bonds. The highest BCUT2D eigenvalue weighted by Crippen LogP contribution is 2.49. The van der Waals surface area contributed by atoms with Crippen molar-refractivity contribution in [3.63, 3.8) is 0 Å². The van der Waals surface area contributed by atoms with Crippen molar-refractivity contribution in [2.45, 2.75) is 36.8 Å². The first-order valence-electron chi connectivity index (χ1n) is 9.22. The van der Waals surface area contributed by atoms with Gasteiger partial charge >= 0.3 is 11.9 Å². The first-order chi connectivity index (χ1) is 14.2. The van der Waals surface area contributed by atoms with E-state index < -0.39 is 28.3 Å². The molecule has 1 unspecified atom stereocenters. The standard InChI is InChI=1S/C20H24N2O6S2/c1-11(28-12(2)23)15-10-30-19-20(21,29-4)18(25)22(19)16(15)17(24)27-9-13-5-7-14(26-3)8-6-13/h5-8,11,19H,9-10,21H2,1-4H3/t11?,19-,20-/m0/s1. The molecule has 10 heteroatoms. The second-order valence-corrected chi connectivity index (χ2v) is 9.04. The molecule has 0 saturated carbocycles. The van der Waals surface area contributed by atoms with E-state index in [1.807, 2.05) is 0 Å². The zero-order valence-electron chi connectivity index (χ0n) is 17.2. The van der Waals surface area contributed by atoms with Crippen molar-refractivity contribution in [3.8, 4) is 5.75 Å². The number of carbonyl (C=O) groups is 3. The molecule has 0 bridgehead atoms. The van der Waals surface area contributed by atoms with Crippen LogP contribution in [0.5, 0.6) is 5.75 Å². The van der Waals surface area contributed by atoms with Crippen molar-refractivity contribution in [2.75, 3.05) is 19.1 Å². The molecular weight excluding hydrogens is 428 g/mol. The molecule has 162 valence electrons. The van der Waals surface area contributed by atoms with Gasteiger partial charge in [0.2, 0.25) is 0 Å². The highest BCUT2D eigenvalue weighted by Gasteiger charge is 2.63. The Hall–Kier alpha value is -2.17. The number of hydrogen-bond donors (Lipinski definition) is 1. The van der Waals surface area contributed by atoms with Crippen LogP contribution in [0.3, 0.4) is 0 Å². The van der Waals surface area contributed by atoms with Crippen LogP contribution in [0.15, 0.2) is 35.5 Å². The number of thioether (sulfide) groups is 2. The van der Waals surface area contributed by atoms with Crippen LogP contribution in [0, 0.1) is 0 Å². The first-order valence-corrected chi connectivity index (χ1v) is 11.5. The molecule has 0 radical (unpaired) electrons. The van der Waals surface area contributed by atoms with Crippen molar-refractivity contribution < 1.29 is 28.6 Å². The van der Waals surface area contributed by atoms with Crippen LogP contribution in [0.1, 0.15) is 19.4 Å². The van der Waals surface area contributed by atoms with E-state index in [1.165, 1.54) is 35.3 Å². The van der Waals surface area contributed by atoms with E-state index in [0.29, 0.717) is 17.1 Å². The number of nitrogens with two attached hydrogens (primary N) is 1. The fourth-order valence-corrected chi connectivity index (χ4v) is 5.80. The van der Waals surface area contributed by atoms with Gasteiger partial charge in [0.05, 0.1) is 7.11 Å². The molecule has 1 fully saturated rings. The number of nitrogens with zero attached hydrogens (tertiary/aromatic N) is 1. The maximum Gasteiger partial charge on any atom is 0.355 e. The normalized spacial score (nSPS) is 24.0. The van der Waals surface area contributed by atoms with Gasteiger partial charge < -0.3 is 19.9 Å². The number of esters is 2. The number of benzene rings is 1. The van der Waals surface area contributed by atoms with Crippen LogP contribution in [0.25, 0.3) is 0 Å². The summed E-state index contributed by atoms with van der Waals surface area (Å²) in [6, 6.07) is 7.11.